The molecule has 0 aliphatic carbocycles. The van der Waals surface area contributed by atoms with Crippen LogP contribution in [-0.4, -0.2) is 23.2 Å². The lowest BCUT2D eigenvalue weighted by molar-refractivity contribution is 0.255. The first-order chi connectivity index (χ1) is 9.06. The minimum atomic E-state index is -0.528. The van der Waals surface area contributed by atoms with Crippen molar-refractivity contribution < 1.29 is 9.90 Å². The summed E-state index contributed by atoms with van der Waals surface area (Å²) >= 11 is 1.37. The number of carbonyl (C=O) groups is 1. The van der Waals surface area contributed by atoms with Gasteiger partial charge in [-0.2, -0.15) is 0 Å². The Labute approximate surface area is 115 Å². The van der Waals surface area contributed by atoms with Crippen molar-refractivity contribution in [2.45, 2.75) is 6.42 Å². The number of anilines is 1. The maximum atomic E-state index is 11.0. The molecular weight excluding hydrogens is 262 g/mol. The summed E-state index contributed by atoms with van der Waals surface area (Å²) in [4.78, 5) is 16.6. The second-order valence-electron chi connectivity index (χ2n) is 4.03. The van der Waals surface area contributed by atoms with Gasteiger partial charge in [-0.05, 0) is 24.1 Å². The predicted molar refractivity (Wildman–Crippen MR) is 75.3 cm³/mol. The van der Waals surface area contributed by atoms with E-state index in [0.29, 0.717) is 11.6 Å². The largest absolute Gasteiger partial charge is 0.508 e. The lowest BCUT2D eigenvalue weighted by Crippen LogP contribution is -2.31. The first-order valence-corrected chi connectivity index (χ1v) is 6.54. The fourth-order valence-corrected chi connectivity index (χ4v) is 2.25. The number of aromatic nitrogens is 1. The van der Waals surface area contributed by atoms with Crippen molar-refractivity contribution in [1.82, 2.24) is 4.98 Å². The summed E-state index contributed by atoms with van der Waals surface area (Å²) in [6.45, 7) is 0. The molecule has 0 saturated carbocycles. The number of thiazole rings is 1. The Morgan fingerprint density at radius 3 is 2.79 bits per heavy atom. The molecule has 1 heterocycles. The average molecular weight is 276 g/mol. The molecule has 3 N–H and O–H groups in total. The summed E-state index contributed by atoms with van der Waals surface area (Å²) in [6.07, 6.45) is 2.67. The van der Waals surface area contributed by atoms with Gasteiger partial charge >= 0.3 is 6.03 Å². The van der Waals surface area contributed by atoms with Crippen LogP contribution in [0.1, 0.15) is 11.3 Å². The van der Waals surface area contributed by atoms with Crippen LogP contribution in [0.5, 0.6) is 5.75 Å². The SMILES string of the molecule is CN(C(N)=O)c1nc([CH]Cc2ccc(O)cc2)cs1. The molecule has 1 aromatic heterocycles. The number of amides is 2. The van der Waals surface area contributed by atoms with Crippen molar-refractivity contribution >= 4 is 22.5 Å². The van der Waals surface area contributed by atoms with Crippen LogP contribution in [0.2, 0.25) is 0 Å². The standard InChI is InChI=1S/C13H14N3O2S/c1-16(12(14)18)13-15-10(8-19-13)5-2-9-3-6-11(17)7-4-9/h3-8,17H,2H2,1H3,(H2,14,18). The lowest BCUT2D eigenvalue weighted by Gasteiger charge is -2.08. The molecule has 0 spiro atoms. The minimum Gasteiger partial charge on any atom is -0.508 e. The van der Waals surface area contributed by atoms with E-state index < -0.39 is 6.03 Å². The number of benzene rings is 1. The highest BCUT2D eigenvalue weighted by Gasteiger charge is 2.11. The van der Waals surface area contributed by atoms with Crippen molar-refractivity contribution in [2.75, 3.05) is 11.9 Å². The minimum absolute atomic E-state index is 0.253. The first kappa shape index (κ1) is 13.4. The Bertz CT molecular complexity index is 566. The maximum absolute atomic E-state index is 11.0. The highest BCUT2D eigenvalue weighted by atomic mass is 32.1. The van der Waals surface area contributed by atoms with Gasteiger partial charge in [0, 0.05) is 18.8 Å². The Hall–Kier alpha value is -2.08. The topological polar surface area (TPSA) is 79.5 Å². The molecule has 0 unspecified atom stereocenters. The van der Waals surface area contributed by atoms with Gasteiger partial charge in [-0.25, -0.2) is 9.78 Å². The molecule has 0 bridgehead atoms. The molecule has 99 valence electrons. The second-order valence-corrected chi connectivity index (χ2v) is 4.86. The number of aromatic hydroxyl groups is 1. The zero-order valence-corrected chi connectivity index (χ0v) is 11.2. The highest BCUT2D eigenvalue weighted by Crippen LogP contribution is 2.21. The van der Waals surface area contributed by atoms with Gasteiger partial charge in [0.05, 0.1) is 5.69 Å². The third-order valence-corrected chi connectivity index (χ3v) is 3.55. The molecule has 19 heavy (non-hydrogen) atoms. The van der Waals surface area contributed by atoms with E-state index in [1.165, 1.54) is 16.2 Å². The molecule has 2 rings (SSSR count). The van der Waals surface area contributed by atoms with E-state index >= 15 is 0 Å². The smallest absolute Gasteiger partial charge is 0.320 e. The summed E-state index contributed by atoms with van der Waals surface area (Å²) < 4.78 is 0. The van der Waals surface area contributed by atoms with Gasteiger partial charge in [-0.15, -0.1) is 11.3 Å². The van der Waals surface area contributed by atoms with Gasteiger partial charge in [-0.1, -0.05) is 12.1 Å². The molecule has 1 aromatic carbocycles. The van der Waals surface area contributed by atoms with Gasteiger partial charge < -0.3 is 10.8 Å². The Balaban J connectivity index is 1.97. The number of urea groups is 1. The quantitative estimate of drug-likeness (QED) is 0.898. The number of phenolic OH excluding ortho intramolecular Hbond substituents is 1. The van der Waals surface area contributed by atoms with E-state index in [2.05, 4.69) is 4.98 Å². The molecule has 0 aliphatic rings. The number of phenols is 1. The molecule has 0 saturated heterocycles. The van der Waals surface area contributed by atoms with Crippen LogP contribution in [0.4, 0.5) is 9.93 Å². The second kappa shape index (κ2) is 5.71. The third-order valence-electron chi connectivity index (χ3n) is 2.61. The van der Waals surface area contributed by atoms with Gasteiger partial charge in [0.2, 0.25) is 0 Å². The zero-order chi connectivity index (χ0) is 13.8. The monoisotopic (exact) mass is 276 g/mol. The van der Waals surface area contributed by atoms with Gasteiger partial charge in [0.1, 0.15) is 5.75 Å². The predicted octanol–water partition coefficient (Wildman–Crippen LogP) is 2.16. The Morgan fingerprint density at radius 1 is 1.47 bits per heavy atom. The molecule has 1 radical (unpaired) electrons. The summed E-state index contributed by atoms with van der Waals surface area (Å²) in [5.41, 5.74) is 7.06. The number of nitrogens with two attached hydrogens (primary N) is 1. The molecule has 2 aromatic rings. The third kappa shape index (κ3) is 3.45. The van der Waals surface area contributed by atoms with Crippen LogP contribution in [0, 0.1) is 6.42 Å². The lowest BCUT2D eigenvalue weighted by atomic mass is 10.1. The van der Waals surface area contributed by atoms with E-state index in [1.54, 1.807) is 19.2 Å². The Kier molecular flexibility index (Phi) is 4.01. The first-order valence-electron chi connectivity index (χ1n) is 5.66. The summed E-state index contributed by atoms with van der Waals surface area (Å²) in [7, 11) is 1.59. The fraction of sp³-hybridized carbons (Fsp3) is 0.154. The van der Waals surface area contributed by atoms with Crippen LogP contribution in [-0.2, 0) is 6.42 Å². The van der Waals surface area contributed by atoms with E-state index in [9.17, 15) is 9.90 Å². The molecule has 0 atom stereocenters. The highest BCUT2D eigenvalue weighted by molar-refractivity contribution is 7.14. The summed E-state index contributed by atoms with van der Waals surface area (Å²) in [5.74, 6) is 0.253. The average Bonchev–Trinajstić information content (AvgIpc) is 2.86. The van der Waals surface area contributed by atoms with Crippen LogP contribution >= 0.6 is 11.3 Å². The number of primary amides is 1. The molecule has 2 amide bonds. The maximum Gasteiger partial charge on any atom is 0.320 e. The van der Waals surface area contributed by atoms with Crippen LogP contribution in [0.15, 0.2) is 29.6 Å². The van der Waals surface area contributed by atoms with E-state index in [-0.39, 0.29) is 5.75 Å². The van der Waals surface area contributed by atoms with Crippen molar-refractivity contribution in [3.8, 4) is 5.75 Å². The van der Waals surface area contributed by atoms with E-state index in [4.69, 9.17) is 5.73 Å². The number of carbonyl (C=O) groups excluding carboxylic acids is 1. The normalized spacial score (nSPS) is 10.4. The van der Waals surface area contributed by atoms with Gasteiger partial charge in [0.15, 0.2) is 5.13 Å². The van der Waals surface area contributed by atoms with Crippen LogP contribution in [0.3, 0.4) is 0 Å². The number of hydrogen-bond acceptors (Lipinski definition) is 4. The molecule has 0 aliphatic heterocycles. The zero-order valence-electron chi connectivity index (χ0n) is 10.4. The summed E-state index contributed by atoms with van der Waals surface area (Å²) in [5, 5.41) is 11.6. The van der Waals surface area contributed by atoms with Crippen LogP contribution < -0.4 is 10.6 Å². The Morgan fingerprint density at radius 2 is 2.16 bits per heavy atom. The van der Waals surface area contributed by atoms with Gasteiger partial charge in [-0.3, -0.25) is 4.90 Å². The van der Waals surface area contributed by atoms with Crippen LogP contribution in [0.25, 0.3) is 0 Å². The van der Waals surface area contributed by atoms with Crippen molar-refractivity contribution in [1.29, 1.82) is 0 Å². The fourth-order valence-electron chi connectivity index (χ4n) is 1.47. The van der Waals surface area contributed by atoms with Crippen molar-refractivity contribution in [3.63, 3.8) is 0 Å². The van der Waals surface area contributed by atoms with Gasteiger partial charge in [0.25, 0.3) is 0 Å². The number of nitrogens with zero attached hydrogens (tertiary/aromatic N) is 2. The molecular formula is C13H14N3O2S. The number of rotatable bonds is 4. The number of hydrogen-bond donors (Lipinski definition) is 2. The molecule has 5 nitrogen and oxygen atoms in total. The summed E-state index contributed by atoms with van der Waals surface area (Å²) in [6, 6.07) is 6.48. The van der Waals surface area contributed by atoms with E-state index in [1.807, 2.05) is 23.9 Å². The molecule has 0 fully saturated rings. The van der Waals surface area contributed by atoms with Crippen molar-refractivity contribution in [3.05, 3.63) is 47.3 Å². The van der Waals surface area contributed by atoms with E-state index in [0.717, 1.165) is 11.3 Å². The van der Waals surface area contributed by atoms with Crippen molar-refractivity contribution in [2.24, 2.45) is 5.73 Å². The molecule has 6 heteroatoms.